The molecule has 3 aromatic rings. The molecule has 4 rings (SSSR count). The van der Waals surface area contributed by atoms with Crippen LogP contribution in [0, 0.1) is 11.7 Å². The monoisotopic (exact) mass is 459 g/mol. The first-order valence-corrected chi connectivity index (χ1v) is 11.3. The number of para-hydroxylation sites is 1. The zero-order valence-electron chi connectivity index (χ0n) is 18.7. The summed E-state index contributed by atoms with van der Waals surface area (Å²) in [5, 5.41) is 5.76. The number of rotatable bonds is 6. The molecule has 3 aromatic carbocycles. The Kier molecular flexibility index (Phi) is 7.32. The second-order valence-corrected chi connectivity index (χ2v) is 8.30. The zero-order valence-corrected chi connectivity index (χ0v) is 18.7. The van der Waals surface area contributed by atoms with Gasteiger partial charge in [0.15, 0.2) is 0 Å². The summed E-state index contributed by atoms with van der Waals surface area (Å²) in [5.41, 5.74) is 2.18. The van der Waals surface area contributed by atoms with Crippen molar-refractivity contribution in [2.45, 2.75) is 19.4 Å². The normalized spacial score (nSPS) is 15.4. The van der Waals surface area contributed by atoms with Crippen LogP contribution < -0.4 is 10.6 Å². The Bertz CT molecular complexity index is 1170. The molecular formula is C27H26FN3O3. The van der Waals surface area contributed by atoms with Crippen LogP contribution in [0.15, 0.2) is 78.9 Å². The van der Waals surface area contributed by atoms with Crippen LogP contribution in [0.5, 0.6) is 0 Å². The second kappa shape index (κ2) is 10.7. The number of piperidine rings is 1. The van der Waals surface area contributed by atoms with E-state index in [1.807, 2.05) is 30.3 Å². The minimum absolute atomic E-state index is 0.224. The quantitative estimate of drug-likeness (QED) is 0.579. The molecule has 34 heavy (non-hydrogen) atoms. The predicted molar refractivity (Wildman–Crippen MR) is 128 cm³/mol. The third kappa shape index (κ3) is 5.67. The molecule has 7 heteroatoms. The molecule has 0 aromatic heterocycles. The first-order chi connectivity index (χ1) is 16.5. The summed E-state index contributed by atoms with van der Waals surface area (Å²) in [6.45, 7) is 1.19. The number of benzene rings is 3. The summed E-state index contributed by atoms with van der Waals surface area (Å²) in [6, 6.07) is 21.8. The lowest BCUT2D eigenvalue weighted by molar-refractivity contribution is -0.121. The van der Waals surface area contributed by atoms with E-state index in [1.54, 1.807) is 29.2 Å². The van der Waals surface area contributed by atoms with Crippen LogP contribution >= 0.6 is 0 Å². The molecule has 1 atom stereocenters. The number of nitrogens with one attached hydrogen (secondary N) is 2. The number of carbonyl (C=O) groups is 3. The third-order valence-electron chi connectivity index (χ3n) is 5.90. The average Bonchev–Trinajstić information content (AvgIpc) is 2.88. The lowest BCUT2D eigenvalue weighted by Crippen LogP contribution is -2.43. The Morgan fingerprint density at radius 3 is 2.38 bits per heavy atom. The lowest BCUT2D eigenvalue weighted by atomic mass is 9.96. The highest BCUT2D eigenvalue weighted by Crippen LogP contribution is 2.22. The smallest absolute Gasteiger partial charge is 0.253 e. The van der Waals surface area contributed by atoms with Crippen LogP contribution in [0.25, 0.3) is 0 Å². The summed E-state index contributed by atoms with van der Waals surface area (Å²) >= 11 is 0. The van der Waals surface area contributed by atoms with Crippen LogP contribution in [-0.2, 0) is 11.3 Å². The van der Waals surface area contributed by atoms with Crippen molar-refractivity contribution in [2.24, 2.45) is 5.92 Å². The van der Waals surface area contributed by atoms with Crippen molar-refractivity contribution in [1.82, 2.24) is 10.2 Å². The number of likely N-dealkylation sites (tertiary alicyclic amines) is 1. The highest BCUT2D eigenvalue weighted by Gasteiger charge is 2.29. The van der Waals surface area contributed by atoms with Crippen LogP contribution in [-0.4, -0.2) is 35.7 Å². The molecule has 3 amide bonds. The Balaban J connectivity index is 1.40. The van der Waals surface area contributed by atoms with Crippen molar-refractivity contribution in [1.29, 1.82) is 0 Å². The summed E-state index contributed by atoms with van der Waals surface area (Å²) in [5.74, 6) is -1.55. The SMILES string of the molecule is O=C(NCc1ccccc1)c1ccccc1NC(=O)C1CCCN(C(=O)c2ccc(F)cc2)C1. The van der Waals surface area contributed by atoms with Gasteiger partial charge in [0, 0.05) is 25.2 Å². The van der Waals surface area contributed by atoms with Gasteiger partial charge >= 0.3 is 0 Å². The van der Waals surface area contributed by atoms with Gasteiger partial charge in [-0.25, -0.2) is 4.39 Å². The minimum Gasteiger partial charge on any atom is -0.348 e. The highest BCUT2D eigenvalue weighted by molar-refractivity contribution is 6.04. The van der Waals surface area contributed by atoms with Gasteiger partial charge in [-0.1, -0.05) is 42.5 Å². The maximum Gasteiger partial charge on any atom is 0.253 e. The summed E-state index contributed by atoms with van der Waals surface area (Å²) in [4.78, 5) is 40.2. The van der Waals surface area contributed by atoms with E-state index in [0.29, 0.717) is 42.7 Å². The van der Waals surface area contributed by atoms with Gasteiger partial charge in [0.25, 0.3) is 11.8 Å². The van der Waals surface area contributed by atoms with Crippen molar-refractivity contribution in [2.75, 3.05) is 18.4 Å². The van der Waals surface area contributed by atoms with E-state index >= 15 is 0 Å². The number of anilines is 1. The molecule has 0 spiro atoms. The molecule has 0 bridgehead atoms. The van der Waals surface area contributed by atoms with Crippen LogP contribution in [0.2, 0.25) is 0 Å². The molecule has 1 saturated heterocycles. The molecule has 1 aliphatic rings. The molecule has 1 unspecified atom stereocenters. The van der Waals surface area contributed by atoms with Gasteiger partial charge in [-0.2, -0.15) is 0 Å². The fourth-order valence-electron chi connectivity index (χ4n) is 4.05. The van der Waals surface area contributed by atoms with Crippen molar-refractivity contribution in [3.05, 3.63) is 101 Å². The van der Waals surface area contributed by atoms with Gasteiger partial charge in [-0.15, -0.1) is 0 Å². The van der Waals surface area contributed by atoms with Crippen LogP contribution in [0.3, 0.4) is 0 Å². The van der Waals surface area contributed by atoms with Gasteiger partial charge < -0.3 is 15.5 Å². The van der Waals surface area contributed by atoms with Crippen LogP contribution in [0.1, 0.15) is 39.1 Å². The van der Waals surface area contributed by atoms with E-state index in [1.165, 1.54) is 24.3 Å². The molecule has 0 radical (unpaired) electrons. The lowest BCUT2D eigenvalue weighted by Gasteiger charge is -2.32. The van der Waals surface area contributed by atoms with E-state index in [0.717, 1.165) is 5.56 Å². The molecule has 1 fully saturated rings. The van der Waals surface area contributed by atoms with Gasteiger partial charge in [0.2, 0.25) is 5.91 Å². The topological polar surface area (TPSA) is 78.5 Å². The van der Waals surface area contributed by atoms with Gasteiger partial charge in [-0.3, -0.25) is 14.4 Å². The van der Waals surface area contributed by atoms with Gasteiger partial charge in [0.05, 0.1) is 17.2 Å². The number of hydrogen-bond donors (Lipinski definition) is 2. The standard InChI is InChI=1S/C27H26FN3O3/c28-22-14-12-20(13-15-22)27(34)31-16-6-9-21(18-31)25(32)30-24-11-5-4-10-23(24)26(33)29-17-19-7-2-1-3-8-19/h1-5,7-8,10-15,21H,6,9,16-18H2,(H,29,33)(H,30,32). The minimum atomic E-state index is -0.404. The van der Waals surface area contributed by atoms with Crippen molar-refractivity contribution < 1.29 is 18.8 Å². The maximum atomic E-state index is 13.2. The third-order valence-corrected chi connectivity index (χ3v) is 5.90. The number of carbonyl (C=O) groups excluding carboxylic acids is 3. The molecule has 6 nitrogen and oxygen atoms in total. The van der Waals surface area contributed by atoms with E-state index in [4.69, 9.17) is 0 Å². The van der Waals surface area contributed by atoms with E-state index < -0.39 is 11.7 Å². The average molecular weight is 460 g/mol. The van der Waals surface area contributed by atoms with E-state index in [9.17, 15) is 18.8 Å². The van der Waals surface area contributed by atoms with Gasteiger partial charge in [-0.05, 0) is 54.8 Å². The van der Waals surface area contributed by atoms with Crippen molar-refractivity contribution >= 4 is 23.4 Å². The Morgan fingerprint density at radius 1 is 0.912 bits per heavy atom. The number of hydrogen-bond acceptors (Lipinski definition) is 3. The molecule has 0 aliphatic carbocycles. The van der Waals surface area contributed by atoms with Crippen molar-refractivity contribution in [3.8, 4) is 0 Å². The predicted octanol–water partition coefficient (Wildman–Crippen LogP) is 4.25. The van der Waals surface area contributed by atoms with E-state index in [2.05, 4.69) is 10.6 Å². The van der Waals surface area contributed by atoms with Gasteiger partial charge in [0.1, 0.15) is 5.82 Å². The second-order valence-electron chi connectivity index (χ2n) is 8.30. The molecule has 2 N–H and O–H groups in total. The summed E-state index contributed by atoms with van der Waals surface area (Å²) in [6.07, 6.45) is 1.33. The molecule has 0 saturated carbocycles. The molecule has 1 heterocycles. The molecular weight excluding hydrogens is 433 g/mol. The largest absolute Gasteiger partial charge is 0.348 e. The summed E-state index contributed by atoms with van der Waals surface area (Å²) < 4.78 is 13.2. The fourth-order valence-corrected chi connectivity index (χ4v) is 4.05. The van der Waals surface area contributed by atoms with E-state index in [-0.39, 0.29) is 24.3 Å². The summed E-state index contributed by atoms with van der Waals surface area (Å²) in [7, 11) is 0. The van der Waals surface area contributed by atoms with Crippen LogP contribution in [0.4, 0.5) is 10.1 Å². The Labute approximate surface area is 197 Å². The molecule has 1 aliphatic heterocycles. The zero-order chi connectivity index (χ0) is 23.9. The number of halogens is 1. The first kappa shape index (κ1) is 23.2. The van der Waals surface area contributed by atoms with Crippen molar-refractivity contribution in [3.63, 3.8) is 0 Å². The first-order valence-electron chi connectivity index (χ1n) is 11.3. The molecule has 174 valence electrons. The Morgan fingerprint density at radius 2 is 1.62 bits per heavy atom. The Hall–Kier alpha value is -4.00. The highest BCUT2D eigenvalue weighted by atomic mass is 19.1. The fraction of sp³-hybridized carbons (Fsp3) is 0.222. The number of amides is 3. The number of nitrogens with zero attached hydrogens (tertiary/aromatic N) is 1. The maximum absolute atomic E-state index is 13.2.